The molecule has 0 aromatic rings. The summed E-state index contributed by atoms with van der Waals surface area (Å²) in [5.41, 5.74) is -0.212. The van der Waals surface area contributed by atoms with Crippen LogP contribution in [0.15, 0.2) is 0 Å². The van der Waals surface area contributed by atoms with E-state index in [2.05, 4.69) is 24.1 Å². The molecule has 1 aliphatic heterocycles. The molecule has 1 aliphatic rings. The van der Waals surface area contributed by atoms with Gasteiger partial charge in [0.05, 0.1) is 6.42 Å². The first kappa shape index (κ1) is 11.5. The summed E-state index contributed by atoms with van der Waals surface area (Å²) in [6.45, 7) is 6.12. The van der Waals surface area contributed by atoms with E-state index in [1.165, 1.54) is 0 Å². The van der Waals surface area contributed by atoms with Gasteiger partial charge in [0.1, 0.15) is 0 Å². The second-order valence-corrected chi connectivity index (χ2v) is 4.42. The van der Waals surface area contributed by atoms with Gasteiger partial charge in [0.2, 0.25) is 0 Å². The maximum absolute atomic E-state index is 10.7. The molecule has 1 atom stereocenters. The van der Waals surface area contributed by atoms with Crippen molar-refractivity contribution in [1.82, 2.24) is 10.2 Å². The van der Waals surface area contributed by atoms with Gasteiger partial charge in [0.15, 0.2) is 0 Å². The van der Waals surface area contributed by atoms with Crippen molar-refractivity contribution in [3.8, 4) is 0 Å². The van der Waals surface area contributed by atoms with Crippen LogP contribution in [0, 0.1) is 0 Å². The van der Waals surface area contributed by atoms with Crippen molar-refractivity contribution in [2.45, 2.75) is 38.3 Å². The molecule has 82 valence electrons. The first-order valence-electron chi connectivity index (χ1n) is 5.14. The van der Waals surface area contributed by atoms with Crippen molar-refractivity contribution in [1.29, 1.82) is 0 Å². The largest absolute Gasteiger partial charge is 0.481 e. The van der Waals surface area contributed by atoms with Crippen LogP contribution in [-0.2, 0) is 4.79 Å². The Bertz CT molecular complexity index is 218. The lowest BCUT2D eigenvalue weighted by molar-refractivity contribution is -0.138. The molecule has 0 bridgehead atoms. The Balaban J connectivity index is 2.61. The van der Waals surface area contributed by atoms with E-state index in [9.17, 15) is 4.79 Å². The van der Waals surface area contributed by atoms with E-state index in [0.29, 0.717) is 6.04 Å². The van der Waals surface area contributed by atoms with E-state index in [4.69, 9.17) is 5.11 Å². The van der Waals surface area contributed by atoms with Gasteiger partial charge in [0.25, 0.3) is 0 Å². The summed E-state index contributed by atoms with van der Waals surface area (Å²) in [4.78, 5) is 13.1. The molecule has 1 saturated heterocycles. The van der Waals surface area contributed by atoms with Crippen LogP contribution in [0.5, 0.6) is 0 Å². The van der Waals surface area contributed by atoms with E-state index >= 15 is 0 Å². The number of hydrogen-bond donors (Lipinski definition) is 2. The van der Waals surface area contributed by atoms with E-state index in [1.54, 1.807) is 0 Å². The summed E-state index contributed by atoms with van der Waals surface area (Å²) in [6.07, 6.45) is 1.14. The SMILES string of the molecule is CNC1(CC(=O)O)CCN(C(C)C)C1. The van der Waals surface area contributed by atoms with Gasteiger partial charge in [-0.3, -0.25) is 9.69 Å². The topological polar surface area (TPSA) is 52.6 Å². The average molecular weight is 200 g/mol. The Morgan fingerprint density at radius 2 is 2.29 bits per heavy atom. The Hall–Kier alpha value is -0.610. The van der Waals surface area contributed by atoms with Crippen molar-refractivity contribution in [3.05, 3.63) is 0 Å². The third-order valence-corrected chi connectivity index (χ3v) is 3.13. The normalized spacial score (nSPS) is 28.6. The van der Waals surface area contributed by atoms with E-state index < -0.39 is 5.97 Å². The minimum absolute atomic E-state index is 0.212. The third-order valence-electron chi connectivity index (χ3n) is 3.13. The second kappa shape index (κ2) is 4.28. The zero-order valence-electron chi connectivity index (χ0n) is 9.21. The van der Waals surface area contributed by atoms with Gasteiger partial charge < -0.3 is 10.4 Å². The van der Waals surface area contributed by atoms with Gasteiger partial charge >= 0.3 is 5.97 Å². The highest BCUT2D eigenvalue weighted by Crippen LogP contribution is 2.25. The van der Waals surface area contributed by atoms with Crippen LogP contribution in [0.2, 0.25) is 0 Å². The molecular weight excluding hydrogens is 180 g/mol. The lowest BCUT2D eigenvalue weighted by Gasteiger charge is -2.28. The van der Waals surface area contributed by atoms with Crippen LogP contribution >= 0.6 is 0 Å². The fraction of sp³-hybridized carbons (Fsp3) is 0.900. The molecule has 2 N–H and O–H groups in total. The molecule has 0 aromatic heterocycles. The van der Waals surface area contributed by atoms with Gasteiger partial charge in [-0.05, 0) is 27.3 Å². The highest BCUT2D eigenvalue weighted by molar-refractivity contribution is 5.68. The molecule has 0 spiro atoms. The Morgan fingerprint density at radius 1 is 1.64 bits per heavy atom. The van der Waals surface area contributed by atoms with Gasteiger partial charge in [-0.1, -0.05) is 0 Å². The molecule has 1 unspecified atom stereocenters. The van der Waals surface area contributed by atoms with Crippen LogP contribution in [0.25, 0.3) is 0 Å². The molecule has 0 saturated carbocycles. The molecule has 0 aromatic carbocycles. The Morgan fingerprint density at radius 3 is 2.64 bits per heavy atom. The Labute approximate surface area is 85.3 Å². The molecule has 4 heteroatoms. The molecular formula is C10H20N2O2. The number of likely N-dealkylation sites (tertiary alicyclic amines) is 1. The quantitative estimate of drug-likeness (QED) is 0.695. The van der Waals surface area contributed by atoms with Crippen LogP contribution in [0.4, 0.5) is 0 Å². The first-order chi connectivity index (χ1) is 6.49. The fourth-order valence-electron chi connectivity index (χ4n) is 2.07. The molecule has 0 radical (unpaired) electrons. The highest BCUT2D eigenvalue weighted by Gasteiger charge is 2.39. The second-order valence-electron chi connectivity index (χ2n) is 4.42. The number of likely N-dealkylation sites (N-methyl/N-ethyl adjacent to an activating group) is 1. The summed E-state index contributed by atoms with van der Waals surface area (Å²) >= 11 is 0. The number of carboxylic acids is 1. The molecule has 1 rings (SSSR count). The number of aliphatic carboxylic acids is 1. The summed E-state index contributed by atoms with van der Waals surface area (Å²) in [5, 5.41) is 12.0. The van der Waals surface area contributed by atoms with Gasteiger partial charge in [-0.2, -0.15) is 0 Å². The van der Waals surface area contributed by atoms with Crippen molar-refractivity contribution < 1.29 is 9.90 Å². The van der Waals surface area contributed by atoms with Gasteiger partial charge in [0, 0.05) is 24.7 Å². The van der Waals surface area contributed by atoms with Crippen molar-refractivity contribution >= 4 is 5.97 Å². The lowest BCUT2D eigenvalue weighted by Crippen LogP contribution is -2.47. The average Bonchev–Trinajstić information content (AvgIpc) is 2.49. The van der Waals surface area contributed by atoms with Gasteiger partial charge in [-0.15, -0.1) is 0 Å². The monoisotopic (exact) mass is 200 g/mol. The fourth-order valence-corrected chi connectivity index (χ4v) is 2.07. The zero-order valence-corrected chi connectivity index (χ0v) is 9.21. The molecule has 4 nitrogen and oxygen atoms in total. The number of carboxylic acid groups (broad SMARTS) is 1. The maximum atomic E-state index is 10.7. The zero-order chi connectivity index (χ0) is 10.8. The van der Waals surface area contributed by atoms with E-state index in [-0.39, 0.29) is 12.0 Å². The summed E-state index contributed by atoms with van der Waals surface area (Å²) in [7, 11) is 1.85. The predicted octanol–water partition coefficient (Wildman–Crippen LogP) is 0.533. The summed E-state index contributed by atoms with van der Waals surface area (Å²) < 4.78 is 0. The molecule has 1 heterocycles. The van der Waals surface area contributed by atoms with Crippen molar-refractivity contribution in [2.75, 3.05) is 20.1 Å². The predicted molar refractivity (Wildman–Crippen MR) is 55.4 cm³/mol. The smallest absolute Gasteiger partial charge is 0.305 e. The number of hydrogen-bond acceptors (Lipinski definition) is 3. The first-order valence-corrected chi connectivity index (χ1v) is 5.14. The minimum Gasteiger partial charge on any atom is -0.481 e. The van der Waals surface area contributed by atoms with Gasteiger partial charge in [-0.25, -0.2) is 0 Å². The van der Waals surface area contributed by atoms with E-state index in [1.807, 2.05) is 7.05 Å². The molecule has 0 amide bonds. The molecule has 14 heavy (non-hydrogen) atoms. The molecule has 0 aliphatic carbocycles. The Kier molecular flexibility index (Phi) is 3.50. The van der Waals surface area contributed by atoms with Crippen molar-refractivity contribution in [3.63, 3.8) is 0 Å². The lowest BCUT2D eigenvalue weighted by atomic mass is 9.94. The number of rotatable bonds is 4. The van der Waals surface area contributed by atoms with Crippen LogP contribution in [0.1, 0.15) is 26.7 Å². The van der Waals surface area contributed by atoms with Crippen LogP contribution in [0.3, 0.4) is 0 Å². The minimum atomic E-state index is -0.718. The summed E-state index contributed by atoms with van der Waals surface area (Å²) in [5.74, 6) is -0.718. The number of carbonyl (C=O) groups is 1. The third kappa shape index (κ3) is 2.45. The standard InChI is InChI=1S/C10H20N2O2/c1-8(2)12-5-4-10(7-12,11-3)6-9(13)14/h8,11H,4-7H2,1-3H3,(H,13,14). The van der Waals surface area contributed by atoms with E-state index in [0.717, 1.165) is 19.5 Å². The number of nitrogens with zero attached hydrogens (tertiary/aromatic N) is 1. The molecule has 1 fully saturated rings. The maximum Gasteiger partial charge on any atom is 0.305 e. The van der Waals surface area contributed by atoms with Crippen molar-refractivity contribution in [2.24, 2.45) is 0 Å². The number of nitrogens with one attached hydrogen (secondary N) is 1. The van der Waals surface area contributed by atoms with Crippen LogP contribution in [-0.4, -0.2) is 47.7 Å². The highest BCUT2D eigenvalue weighted by atomic mass is 16.4. The summed E-state index contributed by atoms with van der Waals surface area (Å²) in [6, 6.07) is 0.499. The van der Waals surface area contributed by atoms with Crippen LogP contribution < -0.4 is 5.32 Å².